The van der Waals surface area contributed by atoms with Crippen molar-refractivity contribution >= 4 is 82.1 Å². The zero-order valence-electron chi connectivity index (χ0n) is 43.2. The van der Waals surface area contributed by atoms with Crippen LogP contribution in [0.5, 0.6) is 0 Å². The van der Waals surface area contributed by atoms with Gasteiger partial charge in [0.05, 0.1) is 40.7 Å². The van der Waals surface area contributed by atoms with Gasteiger partial charge in [-0.1, -0.05) is 139 Å². The molecular formula is C72H50N4O2. The van der Waals surface area contributed by atoms with Crippen LogP contribution in [0, 0.1) is 23.7 Å². The number of fused-ring (bicyclic) bond motifs is 10. The lowest BCUT2D eigenvalue weighted by molar-refractivity contribution is 0.563. The molecular weight excluding hydrogens is 953 g/mol. The Morgan fingerprint density at radius 3 is 1.45 bits per heavy atom. The number of para-hydroxylation sites is 4. The monoisotopic (exact) mass is 1000 g/mol. The van der Waals surface area contributed by atoms with Crippen LogP contribution < -0.4 is 10.5 Å². The van der Waals surface area contributed by atoms with Gasteiger partial charge in [-0.3, -0.25) is 0 Å². The molecule has 6 heteroatoms. The van der Waals surface area contributed by atoms with E-state index < -0.39 is 0 Å². The van der Waals surface area contributed by atoms with E-state index in [9.17, 15) is 4.79 Å². The van der Waals surface area contributed by atoms with Crippen molar-refractivity contribution in [2.75, 3.05) is 18.0 Å². The number of aromatic nitrogens is 3. The SMILES string of the molecule is CC#CCN(CC#CC)c1ccc2cc(-c3ccc(Cn4c5ccc(-c6ccc(-n7c8ccccc8c8ccccc87)cc6)cc5c5cc(-c6ccc7c(c6)c6ccccc6n7-c6ccccc6)ccc54)cc3)c(=O)oc2c1. The Hall–Kier alpha value is -10.3. The molecule has 0 saturated heterocycles. The third kappa shape index (κ3) is 7.90. The van der Waals surface area contributed by atoms with E-state index in [1.165, 1.54) is 54.4 Å². The minimum Gasteiger partial charge on any atom is -0.422 e. The standard InChI is InChI=1S/C72H50N4O2/c1-3-5-40-73(41-6-4-2)57-36-30-54-45-61(72(77)78-71(54)46-57)50-26-24-48(25-27-50)47-74-65-37-31-51(49-28-34-56(35-29-49)76-67-21-13-10-18-58(67)59-19-11-14-22-68(59)76)42-63(65)64-44-52(32-38-66(64)74)53-33-39-70-62(43-53)60-20-12-15-23-69(60)75(70)55-16-8-7-9-17-55/h7-39,42-46H,40-41,47H2,1-2H3. The molecule has 4 heterocycles. The second kappa shape index (κ2) is 19.1. The van der Waals surface area contributed by atoms with Crippen LogP contribution >= 0.6 is 0 Å². The van der Waals surface area contributed by atoms with Gasteiger partial charge in [-0.2, -0.15) is 0 Å². The van der Waals surface area contributed by atoms with Crippen molar-refractivity contribution in [2.24, 2.45) is 0 Å². The molecule has 14 rings (SSSR count). The molecule has 10 aromatic carbocycles. The molecule has 0 spiro atoms. The summed E-state index contributed by atoms with van der Waals surface area (Å²) in [6.07, 6.45) is 0. The van der Waals surface area contributed by atoms with Crippen LogP contribution in [0.3, 0.4) is 0 Å². The van der Waals surface area contributed by atoms with E-state index in [1.807, 2.05) is 50.2 Å². The van der Waals surface area contributed by atoms with E-state index in [1.54, 1.807) is 0 Å². The molecule has 0 amide bonds. The molecule has 0 radical (unpaired) electrons. The number of rotatable bonds is 10. The molecule has 0 aliphatic heterocycles. The van der Waals surface area contributed by atoms with Crippen molar-refractivity contribution in [3.63, 3.8) is 0 Å². The van der Waals surface area contributed by atoms with Gasteiger partial charge in [0.2, 0.25) is 0 Å². The topological polar surface area (TPSA) is 48.2 Å². The van der Waals surface area contributed by atoms with Gasteiger partial charge < -0.3 is 23.0 Å². The second-order valence-electron chi connectivity index (χ2n) is 20.0. The highest BCUT2D eigenvalue weighted by Crippen LogP contribution is 2.40. The Kier molecular flexibility index (Phi) is 11.4. The molecule has 370 valence electrons. The molecule has 0 unspecified atom stereocenters. The third-order valence-corrected chi connectivity index (χ3v) is 15.5. The first-order chi connectivity index (χ1) is 38.5. The average Bonchev–Trinajstić information content (AvgIpc) is 4.30. The van der Waals surface area contributed by atoms with Crippen molar-refractivity contribution in [1.29, 1.82) is 0 Å². The van der Waals surface area contributed by atoms with Gasteiger partial charge in [0.1, 0.15) is 5.58 Å². The molecule has 0 aliphatic rings. The quantitative estimate of drug-likeness (QED) is 0.101. The minimum absolute atomic E-state index is 0.378. The summed E-state index contributed by atoms with van der Waals surface area (Å²) in [6.45, 7) is 5.35. The summed E-state index contributed by atoms with van der Waals surface area (Å²) in [6, 6.07) is 82.6. The molecule has 0 bridgehead atoms. The fourth-order valence-electron chi connectivity index (χ4n) is 11.7. The molecule has 0 aliphatic carbocycles. The zero-order valence-corrected chi connectivity index (χ0v) is 43.2. The Morgan fingerprint density at radius 1 is 0.410 bits per heavy atom. The van der Waals surface area contributed by atoms with Crippen molar-refractivity contribution in [3.8, 4) is 68.4 Å². The van der Waals surface area contributed by atoms with Gasteiger partial charge >= 0.3 is 5.63 Å². The van der Waals surface area contributed by atoms with Crippen molar-refractivity contribution < 1.29 is 4.42 Å². The summed E-state index contributed by atoms with van der Waals surface area (Å²) in [5, 5.41) is 8.17. The summed E-state index contributed by atoms with van der Waals surface area (Å²) < 4.78 is 13.2. The van der Waals surface area contributed by atoms with Crippen LogP contribution in [-0.4, -0.2) is 26.8 Å². The van der Waals surface area contributed by atoms with Crippen LogP contribution in [-0.2, 0) is 6.54 Å². The van der Waals surface area contributed by atoms with Gasteiger partial charge in [0, 0.05) is 78.4 Å². The maximum Gasteiger partial charge on any atom is 0.344 e. The largest absolute Gasteiger partial charge is 0.422 e. The Balaban J connectivity index is 0.847. The van der Waals surface area contributed by atoms with Gasteiger partial charge in [-0.25, -0.2) is 4.79 Å². The summed E-state index contributed by atoms with van der Waals surface area (Å²) in [5.41, 5.74) is 17.5. The minimum atomic E-state index is -0.378. The molecule has 4 aromatic heterocycles. The van der Waals surface area contributed by atoms with E-state index in [0.717, 1.165) is 66.9 Å². The summed E-state index contributed by atoms with van der Waals surface area (Å²) in [5.74, 6) is 12.2. The smallest absolute Gasteiger partial charge is 0.344 e. The second-order valence-corrected chi connectivity index (χ2v) is 20.0. The lowest BCUT2D eigenvalue weighted by Gasteiger charge is -2.20. The molecule has 0 fully saturated rings. The first-order valence-electron chi connectivity index (χ1n) is 26.4. The van der Waals surface area contributed by atoms with Crippen LogP contribution in [0.1, 0.15) is 19.4 Å². The normalized spacial score (nSPS) is 11.5. The predicted molar refractivity (Wildman–Crippen MR) is 325 cm³/mol. The zero-order chi connectivity index (χ0) is 52.3. The van der Waals surface area contributed by atoms with E-state index in [-0.39, 0.29) is 5.63 Å². The highest BCUT2D eigenvalue weighted by atomic mass is 16.4. The first kappa shape index (κ1) is 46.3. The first-order valence-corrected chi connectivity index (χ1v) is 26.4. The Bertz CT molecular complexity index is 4800. The maximum absolute atomic E-state index is 13.7. The van der Waals surface area contributed by atoms with Crippen molar-refractivity contribution in [3.05, 3.63) is 247 Å². The average molecular weight is 1000 g/mol. The van der Waals surface area contributed by atoms with Crippen LogP contribution in [0.15, 0.2) is 240 Å². The van der Waals surface area contributed by atoms with Gasteiger partial charge in [-0.15, -0.1) is 11.8 Å². The van der Waals surface area contributed by atoms with E-state index in [4.69, 9.17) is 4.42 Å². The molecule has 0 atom stereocenters. The van der Waals surface area contributed by atoms with Crippen molar-refractivity contribution in [1.82, 2.24) is 13.7 Å². The number of anilines is 1. The van der Waals surface area contributed by atoms with Crippen LogP contribution in [0.25, 0.3) is 121 Å². The molecule has 78 heavy (non-hydrogen) atoms. The maximum atomic E-state index is 13.7. The van der Waals surface area contributed by atoms with Crippen LogP contribution in [0.4, 0.5) is 5.69 Å². The Labute approximate surface area is 451 Å². The summed E-state index contributed by atoms with van der Waals surface area (Å²) >= 11 is 0. The van der Waals surface area contributed by atoms with Gasteiger partial charge in [0.15, 0.2) is 0 Å². The molecule has 0 saturated carbocycles. The highest BCUT2D eigenvalue weighted by molar-refractivity contribution is 6.13. The predicted octanol–water partition coefficient (Wildman–Crippen LogP) is 17.0. The number of benzene rings is 10. The van der Waals surface area contributed by atoms with E-state index in [2.05, 4.69) is 236 Å². The Morgan fingerprint density at radius 2 is 0.872 bits per heavy atom. The fraction of sp³-hybridized carbons (Fsp3) is 0.0694. The molecule has 14 aromatic rings. The van der Waals surface area contributed by atoms with Crippen molar-refractivity contribution in [2.45, 2.75) is 20.4 Å². The van der Waals surface area contributed by atoms with Gasteiger partial charge in [0.25, 0.3) is 0 Å². The molecule has 6 nitrogen and oxygen atoms in total. The third-order valence-electron chi connectivity index (χ3n) is 15.5. The molecule has 0 N–H and O–H groups in total. The van der Waals surface area contributed by atoms with E-state index >= 15 is 0 Å². The van der Waals surface area contributed by atoms with Gasteiger partial charge in [-0.05, 0) is 144 Å². The summed E-state index contributed by atoms with van der Waals surface area (Å²) in [4.78, 5) is 15.7. The summed E-state index contributed by atoms with van der Waals surface area (Å²) in [7, 11) is 0. The number of nitrogens with zero attached hydrogens (tertiary/aromatic N) is 4. The highest BCUT2D eigenvalue weighted by Gasteiger charge is 2.19. The lowest BCUT2D eigenvalue weighted by Crippen LogP contribution is -2.23. The van der Waals surface area contributed by atoms with Crippen LogP contribution in [0.2, 0.25) is 0 Å². The lowest BCUT2D eigenvalue weighted by atomic mass is 9.99. The van der Waals surface area contributed by atoms with E-state index in [0.29, 0.717) is 30.8 Å². The number of hydrogen-bond acceptors (Lipinski definition) is 3. The number of hydrogen-bond donors (Lipinski definition) is 0. The fourth-order valence-corrected chi connectivity index (χ4v) is 11.7.